The Labute approximate surface area is 116 Å². The fourth-order valence-electron chi connectivity index (χ4n) is 1.84. The van der Waals surface area contributed by atoms with Crippen molar-refractivity contribution in [3.05, 3.63) is 29.6 Å². The fourth-order valence-corrected chi connectivity index (χ4v) is 3.08. The number of halogens is 1. The molecule has 1 aliphatic heterocycles. The second kappa shape index (κ2) is 5.73. The summed E-state index contributed by atoms with van der Waals surface area (Å²) in [5.74, 6) is -1.62. The summed E-state index contributed by atoms with van der Waals surface area (Å²) in [6.07, 6.45) is 0. The number of rotatable bonds is 4. The Hall–Kier alpha value is -1.71. The summed E-state index contributed by atoms with van der Waals surface area (Å²) < 4.78 is 41.2. The number of benzene rings is 1. The topological polar surface area (TPSA) is 105 Å². The summed E-state index contributed by atoms with van der Waals surface area (Å²) in [5, 5.41) is 3.02. The third kappa shape index (κ3) is 3.24. The van der Waals surface area contributed by atoms with Crippen molar-refractivity contribution in [3.8, 4) is 0 Å². The SMILES string of the molecule is NC(=O)c1ccc(NS(=O)(=O)N2CCNCC2)c(F)c1. The van der Waals surface area contributed by atoms with E-state index in [-0.39, 0.29) is 11.3 Å². The van der Waals surface area contributed by atoms with Crippen molar-refractivity contribution in [3.63, 3.8) is 0 Å². The molecule has 9 heteroatoms. The first-order valence-corrected chi connectivity index (χ1v) is 7.42. The molecular formula is C11H15FN4O3S. The molecule has 2 rings (SSSR count). The molecule has 1 saturated heterocycles. The lowest BCUT2D eigenvalue weighted by Crippen LogP contribution is -2.48. The minimum atomic E-state index is -3.80. The summed E-state index contributed by atoms with van der Waals surface area (Å²) in [5.41, 5.74) is 4.78. The summed E-state index contributed by atoms with van der Waals surface area (Å²) in [4.78, 5) is 10.9. The molecule has 1 fully saturated rings. The Morgan fingerprint density at radius 1 is 1.35 bits per heavy atom. The minimum absolute atomic E-state index is 0.0207. The molecule has 1 amide bonds. The van der Waals surface area contributed by atoms with E-state index >= 15 is 0 Å². The second-order valence-corrected chi connectivity index (χ2v) is 5.99. The molecule has 1 heterocycles. The number of piperazine rings is 1. The van der Waals surface area contributed by atoms with Crippen LogP contribution < -0.4 is 15.8 Å². The van der Waals surface area contributed by atoms with Crippen LogP contribution in [0.4, 0.5) is 10.1 Å². The van der Waals surface area contributed by atoms with Crippen molar-refractivity contribution in [2.24, 2.45) is 5.73 Å². The van der Waals surface area contributed by atoms with Crippen LogP contribution in [0.15, 0.2) is 18.2 Å². The zero-order valence-electron chi connectivity index (χ0n) is 10.6. The van der Waals surface area contributed by atoms with Crippen molar-refractivity contribution in [2.45, 2.75) is 0 Å². The zero-order chi connectivity index (χ0) is 14.8. The van der Waals surface area contributed by atoms with Gasteiger partial charge in [-0.2, -0.15) is 12.7 Å². The van der Waals surface area contributed by atoms with E-state index in [9.17, 15) is 17.6 Å². The molecule has 1 aromatic rings. The molecule has 0 unspecified atom stereocenters. The van der Waals surface area contributed by atoms with Gasteiger partial charge in [-0.1, -0.05) is 0 Å². The third-order valence-electron chi connectivity index (χ3n) is 2.91. The minimum Gasteiger partial charge on any atom is -0.366 e. The van der Waals surface area contributed by atoms with Crippen LogP contribution in [0.25, 0.3) is 0 Å². The summed E-state index contributed by atoms with van der Waals surface area (Å²) in [6.45, 7) is 1.72. The van der Waals surface area contributed by atoms with Gasteiger partial charge in [0.25, 0.3) is 0 Å². The third-order valence-corrected chi connectivity index (χ3v) is 4.43. The highest BCUT2D eigenvalue weighted by Crippen LogP contribution is 2.18. The fraction of sp³-hybridized carbons (Fsp3) is 0.364. The highest BCUT2D eigenvalue weighted by molar-refractivity contribution is 7.90. The van der Waals surface area contributed by atoms with Crippen LogP contribution in [-0.2, 0) is 10.2 Å². The molecule has 1 aliphatic rings. The highest BCUT2D eigenvalue weighted by atomic mass is 32.2. The molecule has 0 bridgehead atoms. The summed E-state index contributed by atoms with van der Waals surface area (Å²) >= 11 is 0. The Morgan fingerprint density at radius 2 is 2.00 bits per heavy atom. The molecule has 1 aromatic carbocycles. The van der Waals surface area contributed by atoms with Gasteiger partial charge in [-0.25, -0.2) is 4.39 Å². The van der Waals surface area contributed by atoms with Gasteiger partial charge in [-0.05, 0) is 18.2 Å². The molecule has 0 aromatic heterocycles. The van der Waals surface area contributed by atoms with Crippen LogP contribution in [0, 0.1) is 5.82 Å². The normalized spacial score (nSPS) is 16.9. The summed E-state index contributed by atoms with van der Waals surface area (Å²) in [6, 6.07) is 3.34. The van der Waals surface area contributed by atoms with E-state index in [1.165, 1.54) is 16.4 Å². The predicted molar refractivity (Wildman–Crippen MR) is 71.9 cm³/mol. The number of nitrogens with one attached hydrogen (secondary N) is 2. The molecule has 4 N–H and O–H groups in total. The molecule has 7 nitrogen and oxygen atoms in total. The van der Waals surface area contributed by atoms with E-state index < -0.39 is 21.9 Å². The van der Waals surface area contributed by atoms with E-state index in [0.717, 1.165) is 6.07 Å². The molecule has 20 heavy (non-hydrogen) atoms. The van der Waals surface area contributed by atoms with Crippen LogP contribution in [0.1, 0.15) is 10.4 Å². The lowest BCUT2D eigenvalue weighted by molar-refractivity contribution is 0.1000. The van der Waals surface area contributed by atoms with Gasteiger partial charge in [0.1, 0.15) is 5.82 Å². The predicted octanol–water partition coefficient (Wildman–Crippen LogP) is -0.513. The largest absolute Gasteiger partial charge is 0.366 e. The van der Waals surface area contributed by atoms with Crippen LogP contribution in [0.2, 0.25) is 0 Å². The van der Waals surface area contributed by atoms with Gasteiger partial charge >= 0.3 is 10.2 Å². The van der Waals surface area contributed by atoms with Crippen molar-refractivity contribution in [1.82, 2.24) is 9.62 Å². The number of hydrogen-bond donors (Lipinski definition) is 3. The Morgan fingerprint density at radius 3 is 2.55 bits per heavy atom. The average molecular weight is 302 g/mol. The van der Waals surface area contributed by atoms with Gasteiger partial charge < -0.3 is 11.1 Å². The molecule has 0 radical (unpaired) electrons. The van der Waals surface area contributed by atoms with E-state index in [2.05, 4.69) is 10.0 Å². The van der Waals surface area contributed by atoms with E-state index in [4.69, 9.17) is 5.73 Å². The van der Waals surface area contributed by atoms with Crippen LogP contribution in [-0.4, -0.2) is 44.8 Å². The smallest absolute Gasteiger partial charge is 0.301 e. The van der Waals surface area contributed by atoms with Gasteiger partial charge in [-0.15, -0.1) is 0 Å². The number of nitrogens with two attached hydrogens (primary N) is 1. The van der Waals surface area contributed by atoms with Gasteiger partial charge in [0.15, 0.2) is 0 Å². The highest BCUT2D eigenvalue weighted by Gasteiger charge is 2.24. The van der Waals surface area contributed by atoms with E-state index in [1.807, 2.05) is 0 Å². The molecule has 0 saturated carbocycles. The Balaban J connectivity index is 2.18. The van der Waals surface area contributed by atoms with Gasteiger partial charge in [0.05, 0.1) is 5.69 Å². The maximum atomic E-state index is 13.7. The lowest BCUT2D eigenvalue weighted by Gasteiger charge is -2.26. The van der Waals surface area contributed by atoms with Gasteiger partial charge in [0.2, 0.25) is 5.91 Å². The number of anilines is 1. The molecule has 0 atom stereocenters. The first kappa shape index (κ1) is 14.7. The van der Waals surface area contributed by atoms with Crippen molar-refractivity contribution in [2.75, 3.05) is 30.9 Å². The van der Waals surface area contributed by atoms with Crippen LogP contribution in [0.5, 0.6) is 0 Å². The van der Waals surface area contributed by atoms with Crippen LogP contribution >= 0.6 is 0 Å². The van der Waals surface area contributed by atoms with Crippen LogP contribution in [0.3, 0.4) is 0 Å². The first-order valence-electron chi connectivity index (χ1n) is 5.98. The monoisotopic (exact) mass is 302 g/mol. The number of carbonyl (C=O) groups is 1. The Kier molecular flexibility index (Phi) is 4.21. The molecule has 0 aliphatic carbocycles. The number of amides is 1. The standard InChI is InChI=1S/C11H15FN4O3S/c12-9-7-8(11(13)17)1-2-10(9)15-20(18,19)16-5-3-14-4-6-16/h1-2,7,14-15H,3-6H2,(H2,13,17). The van der Waals surface area contributed by atoms with E-state index in [0.29, 0.717) is 26.2 Å². The average Bonchev–Trinajstić information content (AvgIpc) is 2.41. The molecular weight excluding hydrogens is 287 g/mol. The lowest BCUT2D eigenvalue weighted by atomic mass is 10.2. The molecule has 0 spiro atoms. The molecule has 110 valence electrons. The van der Waals surface area contributed by atoms with Gasteiger partial charge in [-0.3, -0.25) is 9.52 Å². The maximum Gasteiger partial charge on any atom is 0.301 e. The number of hydrogen-bond acceptors (Lipinski definition) is 4. The summed E-state index contributed by atoms with van der Waals surface area (Å²) in [7, 11) is -3.80. The van der Waals surface area contributed by atoms with Crippen molar-refractivity contribution < 1.29 is 17.6 Å². The van der Waals surface area contributed by atoms with Crippen molar-refractivity contribution in [1.29, 1.82) is 0 Å². The zero-order valence-corrected chi connectivity index (χ0v) is 11.4. The van der Waals surface area contributed by atoms with Gasteiger partial charge in [0, 0.05) is 31.7 Å². The van der Waals surface area contributed by atoms with E-state index in [1.54, 1.807) is 0 Å². The quantitative estimate of drug-likeness (QED) is 0.696. The Bertz CT molecular complexity index is 614. The maximum absolute atomic E-state index is 13.7. The number of primary amides is 1. The first-order chi connectivity index (χ1) is 9.40. The number of nitrogens with zero attached hydrogens (tertiary/aromatic N) is 1. The van der Waals surface area contributed by atoms with Crippen molar-refractivity contribution >= 4 is 21.8 Å². The second-order valence-electron chi connectivity index (χ2n) is 4.32. The number of carbonyl (C=O) groups excluding carboxylic acids is 1.